The number of aryl methyl sites for hydroxylation is 2. The zero-order valence-electron chi connectivity index (χ0n) is 19.6. The quantitative estimate of drug-likeness (QED) is 0.397. The fourth-order valence-electron chi connectivity index (χ4n) is 6.14. The number of carbonyl (C=O) groups is 1. The van der Waals surface area contributed by atoms with Crippen LogP contribution in [0.2, 0.25) is 0 Å². The SMILES string of the molecule is CC1CC2CC(CNC(=O)C(C)(C)NSCCc3cccc4c3C=CCC4)CC(C1)C2. The normalized spacial score (nSPS) is 27.6. The van der Waals surface area contributed by atoms with Crippen molar-refractivity contribution in [1.29, 1.82) is 0 Å². The predicted molar refractivity (Wildman–Crippen MR) is 133 cm³/mol. The lowest BCUT2D eigenvalue weighted by atomic mass is 9.65. The van der Waals surface area contributed by atoms with E-state index in [0.717, 1.165) is 49.3 Å². The molecule has 2 N–H and O–H groups in total. The minimum Gasteiger partial charge on any atom is -0.354 e. The van der Waals surface area contributed by atoms with Crippen molar-refractivity contribution in [3.63, 3.8) is 0 Å². The summed E-state index contributed by atoms with van der Waals surface area (Å²) in [6.07, 6.45) is 14.7. The van der Waals surface area contributed by atoms with Crippen LogP contribution in [-0.2, 0) is 17.6 Å². The molecule has 31 heavy (non-hydrogen) atoms. The van der Waals surface area contributed by atoms with Gasteiger partial charge in [0.1, 0.15) is 5.54 Å². The first kappa shape index (κ1) is 22.9. The standard InChI is InChI=1S/C27H40N2OS/c1-19-13-20-15-21(14-19)17-22(16-20)18-28-26(30)27(2,3)29-31-12-11-24-9-6-8-23-7-4-5-10-25(23)24/h5-6,8-10,19-22,29H,4,7,11-18H2,1-3H3,(H,28,30). The van der Waals surface area contributed by atoms with Crippen molar-refractivity contribution in [2.24, 2.45) is 23.7 Å². The number of hydrogen-bond acceptors (Lipinski definition) is 3. The van der Waals surface area contributed by atoms with Crippen LogP contribution < -0.4 is 10.0 Å². The van der Waals surface area contributed by atoms with Crippen LogP contribution in [0.15, 0.2) is 24.3 Å². The highest BCUT2D eigenvalue weighted by Crippen LogP contribution is 2.44. The first-order valence-electron chi connectivity index (χ1n) is 12.3. The highest BCUT2D eigenvalue weighted by molar-refractivity contribution is 7.97. The summed E-state index contributed by atoms with van der Waals surface area (Å²) in [5.41, 5.74) is 3.75. The number of allylic oxidation sites excluding steroid dienone is 1. The van der Waals surface area contributed by atoms with E-state index in [0.29, 0.717) is 5.92 Å². The Morgan fingerprint density at radius 2 is 1.90 bits per heavy atom. The van der Waals surface area contributed by atoms with Crippen molar-refractivity contribution in [2.45, 2.75) is 77.7 Å². The lowest BCUT2D eigenvalue weighted by molar-refractivity contribution is -0.126. The van der Waals surface area contributed by atoms with Crippen molar-refractivity contribution in [3.8, 4) is 0 Å². The number of hydrogen-bond donors (Lipinski definition) is 2. The molecule has 0 aromatic heterocycles. The van der Waals surface area contributed by atoms with E-state index in [-0.39, 0.29) is 5.91 Å². The molecule has 0 spiro atoms. The van der Waals surface area contributed by atoms with Crippen LogP contribution in [0.5, 0.6) is 0 Å². The molecule has 1 aromatic rings. The molecular formula is C27H40N2OS. The summed E-state index contributed by atoms with van der Waals surface area (Å²) in [5, 5.41) is 3.27. The first-order valence-corrected chi connectivity index (χ1v) is 13.3. The Morgan fingerprint density at radius 3 is 2.68 bits per heavy atom. The van der Waals surface area contributed by atoms with Gasteiger partial charge >= 0.3 is 0 Å². The fraction of sp³-hybridized carbons (Fsp3) is 0.667. The molecule has 3 nitrogen and oxygen atoms in total. The number of rotatable bonds is 8. The van der Waals surface area contributed by atoms with Gasteiger partial charge in [-0.3, -0.25) is 4.79 Å². The van der Waals surface area contributed by atoms with Crippen molar-refractivity contribution in [3.05, 3.63) is 41.0 Å². The summed E-state index contributed by atoms with van der Waals surface area (Å²) >= 11 is 1.67. The van der Waals surface area contributed by atoms with E-state index in [9.17, 15) is 4.79 Å². The van der Waals surface area contributed by atoms with Gasteiger partial charge in [-0.15, -0.1) is 0 Å². The smallest absolute Gasteiger partial charge is 0.240 e. The summed E-state index contributed by atoms with van der Waals surface area (Å²) in [4.78, 5) is 12.9. The van der Waals surface area contributed by atoms with Crippen LogP contribution in [0, 0.1) is 23.7 Å². The second kappa shape index (κ2) is 10.1. The van der Waals surface area contributed by atoms with Crippen molar-refractivity contribution in [2.75, 3.05) is 12.3 Å². The van der Waals surface area contributed by atoms with Crippen molar-refractivity contribution >= 4 is 23.9 Å². The Hall–Kier alpha value is -1.26. The Bertz CT molecular complexity index is 784. The Morgan fingerprint density at radius 1 is 1.13 bits per heavy atom. The maximum Gasteiger partial charge on any atom is 0.240 e. The number of carbonyl (C=O) groups excluding carboxylic acids is 1. The van der Waals surface area contributed by atoms with E-state index in [2.05, 4.69) is 47.3 Å². The zero-order valence-corrected chi connectivity index (χ0v) is 20.4. The molecule has 1 aromatic carbocycles. The Kier molecular flexibility index (Phi) is 7.48. The number of benzene rings is 1. The topological polar surface area (TPSA) is 41.1 Å². The summed E-state index contributed by atoms with van der Waals surface area (Å²) in [7, 11) is 0. The molecule has 2 unspecified atom stereocenters. The molecule has 4 rings (SSSR count). The van der Waals surface area contributed by atoms with Gasteiger partial charge in [-0.1, -0.05) is 49.2 Å². The van der Waals surface area contributed by atoms with Gasteiger partial charge in [-0.05, 0) is 106 Å². The van der Waals surface area contributed by atoms with E-state index >= 15 is 0 Å². The molecule has 170 valence electrons. The summed E-state index contributed by atoms with van der Waals surface area (Å²) in [5.74, 6) is 4.45. The molecule has 1 amide bonds. The van der Waals surface area contributed by atoms with Crippen LogP contribution in [0.4, 0.5) is 0 Å². The van der Waals surface area contributed by atoms with Gasteiger partial charge in [0.25, 0.3) is 0 Å². The predicted octanol–water partition coefficient (Wildman–Crippen LogP) is 5.78. The molecule has 0 aliphatic heterocycles. The van der Waals surface area contributed by atoms with Crippen LogP contribution in [0.25, 0.3) is 6.08 Å². The maximum absolute atomic E-state index is 12.9. The van der Waals surface area contributed by atoms with Gasteiger partial charge in [-0.25, -0.2) is 4.72 Å². The molecule has 2 bridgehead atoms. The third-order valence-corrected chi connectivity index (χ3v) is 8.61. The minimum absolute atomic E-state index is 0.129. The highest BCUT2D eigenvalue weighted by atomic mass is 32.2. The molecule has 0 heterocycles. The number of fused-ring (bicyclic) bond motifs is 3. The van der Waals surface area contributed by atoms with E-state index in [4.69, 9.17) is 0 Å². The third kappa shape index (κ3) is 5.96. The summed E-state index contributed by atoms with van der Waals surface area (Å²) < 4.78 is 3.43. The molecule has 2 fully saturated rings. The highest BCUT2D eigenvalue weighted by Gasteiger charge is 2.35. The maximum atomic E-state index is 12.9. The first-order chi connectivity index (χ1) is 14.9. The van der Waals surface area contributed by atoms with Crippen LogP contribution in [0.1, 0.15) is 76.0 Å². The molecule has 0 radical (unpaired) electrons. The molecule has 0 saturated heterocycles. The molecular weight excluding hydrogens is 400 g/mol. The molecule has 3 aliphatic rings. The second-order valence-corrected chi connectivity index (χ2v) is 11.7. The average molecular weight is 441 g/mol. The Labute approximate surface area is 193 Å². The largest absolute Gasteiger partial charge is 0.354 e. The third-order valence-electron chi connectivity index (χ3n) is 7.54. The summed E-state index contributed by atoms with van der Waals surface area (Å²) in [6.45, 7) is 7.26. The minimum atomic E-state index is -0.556. The molecule has 2 atom stereocenters. The van der Waals surface area contributed by atoms with Gasteiger partial charge < -0.3 is 5.32 Å². The van der Waals surface area contributed by atoms with Gasteiger partial charge in [0.15, 0.2) is 0 Å². The molecule has 3 aliphatic carbocycles. The summed E-state index contributed by atoms with van der Waals surface area (Å²) in [6, 6.07) is 6.68. The fourth-order valence-corrected chi connectivity index (χ4v) is 7.02. The zero-order chi connectivity index (χ0) is 21.8. The number of nitrogens with one attached hydrogen (secondary N) is 2. The number of amides is 1. The average Bonchev–Trinajstić information content (AvgIpc) is 2.74. The van der Waals surface area contributed by atoms with E-state index < -0.39 is 5.54 Å². The van der Waals surface area contributed by atoms with Crippen LogP contribution in [-0.4, -0.2) is 23.7 Å². The molecule has 4 heteroatoms. The van der Waals surface area contributed by atoms with Gasteiger partial charge in [0, 0.05) is 12.3 Å². The van der Waals surface area contributed by atoms with Gasteiger partial charge in [-0.2, -0.15) is 0 Å². The lowest BCUT2D eigenvalue weighted by Gasteiger charge is -2.42. The van der Waals surface area contributed by atoms with E-state index in [1.807, 2.05) is 13.8 Å². The van der Waals surface area contributed by atoms with Crippen molar-refractivity contribution < 1.29 is 4.79 Å². The van der Waals surface area contributed by atoms with Crippen LogP contribution >= 0.6 is 11.9 Å². The molecule has 2 saturated carbocycles. The second-order valence-electron chi connectivity index (χ2n) is 10.8. The monoisotopic (exact) mass is 440 g/mol. The lowest BCUT2D eigenvalue weighted by Crippen LogP contribution is -2.51. The Balaban J connectivity index is 1.19. The van der Waals surface area contributed by atoms with Crippen molar-refractivity contribution in [1.82, 2.24) is 10.0 Å². The van der Waals surface area contributed by atoms with Gasteiger partial charge in [0.2, 0.25) is 5.91 Å². The van der Waals surface area contributed by atoms with Gasteiger partial charge in [0.05, 0.1) is 0 Å². The van der Waals surface area contributed by atoms with E-state index in [1.54, 1.807) is 11.9 Å². The van der Waals surface area contributed by atoms with Crippen LogP contribution in [0.3, 0.4) is 0 Å². The van der Waals surface area contributed by atoms with E-state index in [1.165, 1.54) is 48.8 Å².